The summed E-state index contributed by atoms with van der Waals surface area (Å²) in [5, 5.41) is 0. The number of carbonyl (C=O) groups is 1. The number of cyclic esters (lactones) is 1. The van der Waals surface area contributed by atoms with Crippen LogP contribution in [0, 0.1) is 5.82 Å². The molecule has 2 heterocycles. The molecule has 28 heavy (non-hydrogen) atoms. The molecule has 2 aliphatic rings. The van der Waals surface area contributed by atoms with Gasteiger partial charge >= 0.3 is 5.97 Å². The fraction of sp³-hybridized carbons (Fsp3) is 0.273. The van der Waals surface area contributed by atoms with Crippen molar-refractivity contribution in [2.75, 3.05) is 19.7 Å². The number of ether oxygens (including phenoxy) is 2. The lowest BCUT2D eigenvalue weighted by Gasteiger charge is -2.27. The van der Waals surface area contributed by atoms with Crippen molar-refractivity contribution in [3.05, 3.63) is 82.8 Å². The standard InChI is InChI=1S/C22H21FN2O3/c1-15-13-17-5-2-3-6-18(17)14-28-22(24-15)25-10-9-16-7-4-8-19(23)20(16)21(26)27-12-11-25/h2-8H,1,9-14H2. The summed E-state index contributed by atoms with van der Waals surface area (Å²) in [4.78, 5) is 18.7. The molecular weight excluding hydrogens is 359 g/mol. The highest BCUT2D eigenvalue weighted by atomic mass is 19.1. The predicted molar refractivity (Wildman–Crippen MR) is 103 cm³/mol. The maximum atomic E-state index is 14.1. The van der Waals surface area contributed by atoms with Gasteiger partial charge in [-0.05, 0) is 29.2 Å². The second-order valence-corrected chi connectivity index (χ2v) is 6.84. The first-order valence-corrected chi connectivity index (χ1v) is 9.27. The van der Waals surface area contributed by atoms with E-state index in [0.29, 0.717) is 49.8 Å². The molecule has 0 amide bonds. The lowest BCUT2D eigenvalue weighted by molar-refractivity contribution is 0.0477. The van der Waals surface area contributed by atoms with Gasteiger partial charge < -0.3 is 14.4 Å². The summed E-state index contributed by atoms with van der Waals surface area (Å²) < 4.78 is 25.4. The van der Waals surface area contributed by atoms with E-state index in [9.17, 15) is 9.18 Å². The minimum atomic E-state index is -0.631. The Morgan fingerprint density at radius 2 is 1.79 bits per heavy atom. The third-order valence-electron chi connectivity index (χ3n) is 4.94. The quantitative estimate of drug-likeness (QED) is 0.657. The molecule has 0 unspecified atom stereocenters. The number of halogens is 1. The molecule has 0 spiro atoms. The SMILES string of the molecule is C=C1Cc2ccccc2COC(N2CCOC(=O)c3c(F)cccc3CC2)=N1. The van der Waals surface area contributed by atoms with Gasteiger partial charge in [0.25, 0.3) is 6.02 Å². The summed E-state index contributed by atoms with van der Waals surface area (Å²) in [6, 6.07) is 13.1. The Morgan fingerprint density at radius 3 is 2.64 bits per heavy atom. The topological polar surface area (TPSA) is 51.1 Å². The summed E-state index contributed by atoms with van der Waals surface area (Å²) in [7, 11) is 0. The highest BCUT2D eigenvalue weighted by Gasteiger charge is 2.24. The van der Waals surface area contributed by atoms with E-state index in [1.165, 1.54) is 6.07 Å². The second-order valence-electron chi connectivity index (χ2n) is 6.84. The molecule has 0 aliphatic carbocycles. The maximum Gasteiger partial charge on any atom is 0.341 e. The monoisotopic (exact) mass is 380 g/mol. The molecule has 0 saturated carbocycles. The van der Waals surface area contributed by atoms with E-state index < -0.39 is 11.8 Å². The van der Waals surface area contributed by atoms with Crippen molar-refractivity contribution in [2.24, 2.45) is 4.99 Å². The van der Waals surface area contributed by atoms with Gasteiger partial charge in [-0.25, -0.2) is 14.2 Å². The van der Waals surface area contributed by atoms with Gasteiger partial charge in [0.2, 0.25) is 0 Å². The van der Waals surface area contributed by atoms with Gasteiger partial charge in [-0.3, -0.25) is 0 Å². The Morgan fingerprint density at radius 1 is 1.00 bits per heavy atom. The highest BCUT2D eigenvalue weighted by molar-refractivity contribution is 5.91. The van der Waals surface area contributed by atoms with Gasteiger partial charge in [-0.1, -0.05) is 43.0 Å². The molecule has 2 aliphatic heterocycles. The second kappa shape index (κ2) is 7.84. The number of rotatable bonds is 0. The minimum absolute atomic E-state index is 0.0169. The van der Waals surface area contributed by atoms with Crippen LogP contribution >= 0.6 is 0 Å². The summed E-state index contributed by atoms with van der Waals surface area (Å²) in [5.74, 6) is -1.19. The van der Waals surface area contributed by atoms with E-state index in [-0.39, 0.29) is 12.2 Å². The number of allylic oxidation sites excluding steroid dienone is 1. The van der Waals surface area contributed by atoms with Crippen molar-refractivity contribution in [1.29, 1.82) is 0 Å². The summed E-state index contributed by atoms with van der Waals surface area (Å²) >= 11 is 0. The molecular formula is C22H21FN2O3. The smallest absolute Gasteiger partial charge is 0.341 e. The predicted octanol–water partition coefficient (Wildman–Crippen LogP) is 3.48. The van der Waals surface area contributed by atoms with E-state index >= 15 is 0 Å². The summed E-state index contributed by atoms with van der Waals surface area (Å²) in [6.07, 6.45) is 1.13. The largest absolute Gasteiger partial charge is 0.460 e. The van der Waals surface area contributed by atoms with Crippen LogP contribution in [0.4, 0.5) is 4.39 Å². The van der Waals surface area contributed by atoms with E-state index in [0.717, 1.165) is 11.1 Å². The third kappa shape index (κ3) is 3.76. The van der Waals surface area contributed by atoms with E-state index in [4.69, 9.17) is 9.47 Å². The first-order valence-electron chi connectivity index (χ1n) is 9.27. The number of hydrogen-bond donors (Lipinski definition) is 0. The van der Waals surface area contributed by atoms with Crippen molar-refractivity contribution in [3.63, 3.8) is 0 Å². The van der Waals surface area contributed by atoms with Crippen molar-refractivity contribution in [1.82, 2.24) is 4.90 Å². The van der Waals surface area contributed by atoms with E-state index in [1.807, 2.05) is 23.1 Å². The average Bonchev–Trinajstić information content (AvgIpc) is 2.74. The Hall–Kier alpha value is -3.15. The molecule has 0 fully saturated rings. The Labute approximate surface area is 163 Å². The Balaban J connectivity index is 1.58. The molecule has 0 aromatic heterocycles. The van der Waals surface area contributed by atoms with E-state index in [1.54, 1.807) is 12.1 Å². The van der Waals surface area contributed by atoms with Crippen LogP contribution in [-0.2, 0) is 28.9 Å². The van der Waals surface area contributed by atoms with Gasteiger partial charge in [-0.2, -0.15) is 0 Å². The zero-order valence-corrected chi connectivity index (χ0v) is 15.5. The van der Waals surface area contributed by atoms with Gasteiger partial charge in [0.05, 0.1) is 12.1 Å². The number of hydrogen-bond acceptors (Lipinski definition) is 5. The van der Waals surface area contributed by atoms with Crippen LogP contribution in [0.15, 0.2) is 59.7 Å². The Kier molecular flexibility index (Phi) is 5.10. The fourth-order valence-corrected chi connectivity index (χ4v) is 3.49. The molecule has 0 saturated heterocycles. The zero-order chi connectivity index (χ0) is 19.5. The fourth-order valence-electron chi connectivity index (χ4n) is 3.49. The number of fused-ring (bicyclic) bond motifs is 2. The molecule has 2 aromatic carbocycles. The normalized spacial score (nSPS) is 17.5. The molecule has 0 N–H and O–H groups in total. The van der Waals surface area contributed by atoms with Crippen LogP contribution < -0.4 is 0 Å². The molecule has 144 valence electrons. The molecule has 4 rings (SSSR count). The lowest BCUT2D eigenvalue weighted by atomic mass is 10.0. The first-order chi connectivity index (χ1) is 13.6. The molecule has 5 nitrogen and oxygen atoms in total. The molecule has 6 heteroatoms. The number of carbonyl (C=O) groups excluding carboxylic acids is 1. The van der Waals surface area contributed by atoms with Crippen LogP contribution in [0.25, 0.3) is 0 Å². The van der Waals surface area contributed by atoms with Crippen LogP contribution in [0.5, 0.6) is 0 Å². The lowest BCUT2D eigenvalue weighted by Crippen LogP contribution is -2.37. The van der Waals surface area contributed by atoms with Gasteiger partial charge in [0.15, 0.2) is 0 Å². The highest BCUT2D eigenvalue weighted by Crippen LogP contribution is 2.21. The number of esters is 1. The molecule has 0 atom stereocenters. The van der Waals surface area contributed by atoms with Gasteiger partial charge in [0.1, 0.15) is 19.0 Å². The maximum absolute atomic E-state index is 14.1. The Bertz CT molecular complexity index is 955. The van der Waals surface area contributed by atoms with Crippen LogP contribution in [0.1, 0.15) is 27.0 Å². The van der Waals surface area contributed by atoms with E-state index in [2.05, 4.69) is 17.6 Å². The zero-order valence-electron chi connectivity index (χ0n) is 15.5. The van der Waals surface area contributed by atoms with Crippen molar-refractivity contribution < 1.29 is 18.7 Å². The van der Waals surface area contributed by atoms with Crippen LogP contribution in [-0.4, -0.2) is 36.6 Å². The number of amidine groups is 1. The van der Waals surface area contributed by atoms with Gasteiger partial charge in [0, 0.05) is 18.7 Å². The third-order valence-corrected chi connectivity index (χ3v) is 4.94. The first kappa shape index (κ1) is 18.2. The summed E-state index contributed by atoms with van der Waals surface area (Å²) in [5.41, 5.74) is 3.58. The van der Waals surface area contributed by atoms with Crippen LogP contribution in [0.3, 0.4) is 0 Å². The van der Waals surface area contributed by atoms with Gasteiger partial charge in [-0.15, -0.1) is 0 Å². The average molecular weight is 380 g/mol. The minimum Gasteiger partial charge on any atom is -0.460 e. The molecule has 0 radical (unpaired) electrons. The van der Waals surface area contributed by atoms with Crippen LogP contribution in [0.2, 0.25) is 0 Å². The number of nitrogens with zero attached hydrogens (tertiary/aromatic N) is 2. The van der Waals surface area contributed by atoms with Crippen molar-refractivity contribution in [3.8, 4) is 0 Å². The molecule has 2 aromatic rings. The van der Waals surface area contributed by atoms with Crippen molar-refractivity contribution in [2.45, 2.75) is 19.4 Å². The number of benzene rings is 2. The molecule has 0 bridgehead atoms. The van der Waals surface area contributed by atoms with Crippen molar-refractivity contribution >= 4 is 12.0 Å². The summed E-state index contributed by atoms with van der Waals surface area (Å²) in [6.45, 7) is 5.52. The number of aliphatic imine (C=N–C) groups is 1.